The summed E-state index contributed by atoms with van der Waals surface area (Å²) in [4.78, 5) is 23.9. The van der Waals surface area contributed by atoms with Crippen LogP contribution in [0.25, 0.3) is 0 Å². The molecule has 0 unspecified atom stereocenters. The van der Waals surface area contributed by atoms with Crippen molar-refractivity contribution in [1.29, 1.82) is 0 Å². The maximum absolute atomic E-state index is 12.8. The monoisotopic (exact) mass is 393 g/mol. The molecule has 2 amide bonds. The van der Waals surface area contributed by atoms with Gasteiger partial charge in [-0.1, -0.05) is 0 Å². The quantitative estimate of drug-likeness (QED) is 0.668. The fraction of sp³-hybridized carbons (Fsp3) is 0.222. The van der Waals surface area contributed by atoms with E-state index >= 15 is 0 Å². The van der Waals surface area contributed by atoms with E-state index in [1.54, 1.807) is 13.8 Å². The Bertz CT molecular complexity index is 911. The predicted molar refractivity (Wildman–Crippen MR) is 99.3 cm³/mol. The van der Waals surface area contributed by atoms with Gasteiger partial charge in [0, 0.05) is 17.3 Å². The van der Waals surface area contributed by atoms with Gasteiger partial charge in [-0.05, 0) is 62.4 Å². The number of halogens is 1. The van der Waals surface area contributed by atoms with Gasteiger partial charge in [-0.3, -0.25) is 9.59 Å². The van der Waals surface area contributed by atoms with Crippen LogP contribution in [0.5, 0.6) is 0 Å². The molecule has 0 aromatic heterocycles. The predicted octanol–water partition coefficient (Wildman–Crippen LogP) is 1.88. The van der Waals surface area contributed by atoms with Crippen LogP contribution in [0.1, 0.15) is 24.2 Å². The fourth-order valence-corrected chi connectivity index (χ4v) is 3.42. The number of hydrogen-bond acceptors (Lipinski definition) is 4. The lowest BCUT2D eigenvalue weighted by atomic mass is 10.2. The maximum Gasteiger partial charge on any atom is 0.251 e. The molecule has 0 aliphatic rings. The smallest absolute Gasteiger partial charge is 0.251 e. The van der Waals surface area contributed by atoms with Crippen LogP contribution in [0.2, 0.25) is 0 Å². The van der Waals surface area contributed by atoms with Crippen molar-refractivity contribution in [2.75, 3.05) is 11.9 Å². The Hall–Kier alpha value is -2.78. The first-order chi connectivity index (χ1) is 12.7. The van der Waals surface area contributed by atoms with Crippen LogP contribution in [0, 0.1) is 5.82 Å². The number of sulfonamides is 1. The molecule has 0 spiro atoms. The molecular weight excluding hydrogens is 373 g/mol. The van der Waals surface area contributed by atoms with Crippen LogP contribution < -0.4 is 15.4 Å². The number of nitrogens with one attached hydrogen (secondary N) is 3. The Morgan fingerprint density at radius 3 is 2.15 bits per heavy atom. The van der Waals surface area contributed by atoms with Crippen LogP contribution >= 0.6 is 0 Å². The largest absolute Gasteiger partial charge is 0.343 e. The van der Waals surface area contributed by atoms with Crippen molar-refractivity contribution in [3.8, 4) is 0 Å². The zero-order valence-electron chi connectivity index (χ0n) is 14.8. The second-order valence-corrected chi connectivity index (χ2v) is 7.75. The standard InChI is InChI=1S/C18H20FN3O4S/c1-12(2)22-27(25,26)16-9-7-15(8-10-16)21-17(23)11-20-18(24)13-3-5-14(19)6-4-13/h3-10,12,22H,11H2,1-2H3,(H,20,24)(H,21,23). The molecule has 0 aliphatic carbocycles. The molecule has 7 nitrogen and oxygen atoms in total. The van der Waals surface area contributed by atoms with Crippen molar-refractivity contribution >= 4 is 27.5 Å². The van der Waals surface area contributed by atoms with Crippen LogP contribution in [-0.4, -0.2) is 32.8 Å². The Morgan fingerprint density at radius 2 is 1.59 bits per heavy atom. The molecule has 27 heavy (non-hydrogen) atoms. The van der Waals surface area contributed by atoms with Gasteiger partial charge in [-0.25, -0.2) is 17.5 Å². The first-order valence-corrected chi connectivity index (χ1v) is 9.62. The molecule has 3 N–H and O–H groups in total. The third kappa shape index (κ3) is 6.15. The molecule has 2 aromatic carbocycles. The second-order valence-electron chi connectivity index (χ2n) is 6.04. The van der Waals surface area contributed by atoms with Gasteiger partial charge in [0.25, 0.3) is 5.91 Å². The van der Waals surface area contributed by atoms with Gasteiger partial charge in [-0.2, -0.15) is 0 Å². The Balaban J connectivity index is 1.90. The van der Waals surface area contributed by atoms with Crippen molar-refractivity contribution in [3.63, 3.8) is 0 Å². The summed E-state index contributed by atoms with van der Waals surface area (Å²) in [6.07, 6.45) is 0. The molecule has 2 aromatic rings. The number of hydrogen-bond donors (Lipinski definition) is 3. The van der Waals surface area contributed by atoms with E-state index in [1.165, 1.54) is 36.4 Å². The van der Waals surface area contributed by atoms with E-state index in [0.717, 1.165) is 12.1 Å². The van der Waals surface area contributed by atoms with E-state index in [-0.39, 0.29) is 23.0 Å². The molecule has 144 valence electrons. The van der Waals surface area contributed by atoms with Gasteiger partial charge >= 0.3 is 0 Å². The summed E-state index contributed by atoms with van der Waals surface area (Å²) in [6, 6.07) is 10.3. The van der Waals surface area contributed by atoms with Gasteiger partial charge in [0.1, 0.15) is 5.82 Å². The van der Waals surface area contributed by atoms with Crippen molar-refractivity contribution in [2.24, 2.45) is 0 Å². The number of rotatable bonds is 7. The van der Waals surface area contributed by atoms with E-state index in [9.17, 15) is 22.4 Å². The molecule has 0 aliphatic heterocycles. The molecule has 0 heterocycles. The van der Waals surface area contributed by atoms with Gasteiger partial charge < -0.3 is 10.6 Å². The number of anilines is 1. The summed E-state index contributed by atoms with van der Waals surface area (Å²) in [6.45, 7) is 3.14. The maximum atomic E-state index is 12.8. The van der Waals surface area contributed by atoms with Gasteiger partial charge in [0.15, 0.2) is 0 Å². The second kappa shape index (κ2) is 8.74. The van der Waals surface area contributed by atoms with E-state index < -0.39 is 27.7 Å². The summed E-state index contributed by atoms with van der Waals surface area (Å²) in [5.41, 5.74) is 0.621. The van der Waals surface area contributed by atoms with Crippen molar-refractivity contribution < 1.29 is 22.4 Å². The molecule has 2 rings (SSSR count). The summed E-state index contributed by atoms with van der Waals surface area (Å²) >= 11 is 0. The van der Waals surface area contributed by atoms with Crippen LogP contribution in [0.4, 0.5) is 10.1 Å². The molecule has 0 saturated carbocycles. The summed E-state index contributed by atoms with van der Waals surface area (Å²) in [5.74, 6) is -1.45. The van der Waals surface area contributed by atoms with Crippen LogP contribution in [0.3, 0.4) is 0 Å². The highest BCUT2D eigenvalue weighted by molar-refractivity contribution is 7.89. The highest BCUT2D eigenvalue weighted by Gasteiger charge is 2.15. The van der Waals surface area contributed by atoms with Crippen LogP contribution in [-0.2, 0) is 14.8 Å². The highest BCUT2D eigenvalue weighted by atomic mass is 32.2. The Morgan fingerprint density at radius 1 is 1.00 bits per heavy atom. The zero-order chi connectivity index (χ0) is 20.0. The molecule has 0 fully saturated rings. The molecule has 0 saturated heterocycles. The van der Waals surface area contributed by atoms with Crippen molar-refractivity contribution in [3.05, 3.63) is 59.9 Å². The summed E-state index contributed by atoms with van der Waals surface area (Å²) in [5, 5.41) is 4.96. The number of amides is 2. The van der Waals surface area contributed by atoms with Gasteiger partial charge in [-0.15, -0.1) is 0 Å². The van der Waals surface area contributed by atoms with E-state index in [4.69, 9.17) is 0 Å². The topological polar surface area (TPSA) is 104 Å². The first-order valence-electron chi connectivity index (χ1n) is 8.13. The Labute approximate surface area is 157 Å². The average molecular weight is 393 g/mol. The first kappa shape index (κ1) is 20.5. The SMILES string of the molecule is CC(C)NS(=O)(=O)c1ccc(NC(=O)CNC(=O)c2ccc(F)cc2)cc1. The average Bonchev–Trinajstić information content (AvgIpc) is 2.59. The van der Waals surface area contributed by atoms with Crippen LogP contribution in [0.15, 0.2) is 53.4 Å². The van der Waals surface area contributed by atoms with Gasteiger partial charge in [0.05, 0.1) is 11.4 Å². The third-order valence-corrected chi connectivity index (χ3v) is 5.03. The minimum absolute atomic E-state index is 0.0822. The van der Waals surface area contributed by atoms with E-state index in [0.29, 0.717) is 5.69 Å². The van der Waals surface area contributed by atoms with Crippen molar-refractivity contribution in [2.45, 2.75) is 24.8 Å². The fourth-order valence-electron chi connectivity index (χ4n) is 2.16. The van der Waals surface area contributed by atoms with E-state index in [2.05, 4.69) is 15.4 Å². The Kier molecular flexibility index (Phi) is 6.65. The molecule has 0 bridgehead atoms. The summed E-state index contributed by atoms with van der Waals surface area (Å²) in [7, 11) is -3.61. The minimum Gasteiger partial charge on any atom is -0.343 e. The molecule has 9 heteroatoms. The highest BCUT2D eigenvalue weighted by Crippen LogP contribution is 2.14. The number of benzene rings is 2. The molecule has 0 radical (unpaired) electrons. The summed E-state index contributed by atoms with van der Waals surface area (Å²) < 4.78 is 39.4. The minimum atomic E-state index is -3.61. The third-order valence-electron chi connectivity index (χ3n) is 3.36. The lowest BCUT2D eigenvalue weighted by Gasteiger charge is -2.11. The molecule has 0 atom stereocenters. The van der Waals surface area contributed by atoms with Gasteiger partial charge in [0.2, 0.25) is 15.9 Å². The van der Waals surface area contributed by atoms with Crippen molar-refractivity contribution in [1.82, 2.24) is 10.0 Å². The lowest BCUT2D eigenvalue weighted by molar-refractivity contribution is -0.115. The number of carbonyl (C=O) groups is 2. The zero-order valence-corrected chi connectivity index (χ0v) is 15.6. The lowest BCUT2D eigenvalue weighted by Crippen LogP contribution is -2.32. The van der Waals surface area contributed by atoms with E-state index in [1.807, 2.05) is 0 Å². The molecular formula is C18H20FN3O4S. The number of carbonyl (C=O) groups excluding carboxylic acids is 2. The normalized spacial score (nSPS) is 11.3.